The molecule has 2 N–H and O–H groups in total. The van der Waals surface area contributed by atoms with Crippen molar-refractivity contribution >= 4 is 11.6 Å². The molecule has 1 saturated heterocycles. The van der Waals surface area contributed by atoms with E-state index in [4.69, 9.17) is 0 Å². The number of carbonyl (C=O) groups is 1. The molecule has 104 valence electrons. The van der Waals surface area contributed by atoms with E-state index in [9.17, 15) is 4.79 Å². The van der Waals surface area contributed by atoms with Gasteiger partial charge in [-0.15, -0.1) is 0 Å². The van der Waals surface area contributed by atoms with Crippen LogP contribution in [-0.4, -0.2) is 36.0 Å². The van der Waals surface area contributed by atoms with E-state index in [0.717, 1.165) is 25.3 Å². The zero-order valence-corrected chi connectivity index (χ0v) is 11.9. The standard InChI is InChI=1S/C15H23N3O/c1-11-8-18(9-12(2)16-11)10-14-4-6-15(7-5-14)17-13(3)19/h4-7,11-12,16H,8-10H2,1-3H3,(H,17,19). The van der Waals surface area contributed by atoms with Crippen LogP contribution in [0.15, 0.2) is 24.3 Å². The monoisotopic (exact) mass is 261 g/mol. The second-order valence-electron chi connectivity index (χ2n) is 5.54. The molecule has 1 heterocycles. The number of hydrogen-bond donors (Lipinski definition) is 2. The third kappa shape index (κ3) is 4.33. The third-order valence-electron chi connectivity index (χ3n) is 3.31. The van der Waals surface area contributed by atoms with Crippen LogP contribution >= 0.6 is 0 Å². The normalized spacial score (nSPS) is 24.2. The van der Waals surface area contributed by atoms with Gasteiger partial charge in [0.05, 0.1) is 0 Å². The van der Waals surface area contributed by atoms with Gasteiger partial charge >= 0.3 is 0 Å². The van der Waals surface area contributed by atoms with Gasteiger partial charge in [-0.2, -0.15) is 0 Å². The summed E-state index contributed by atoms with van der Waals surface area (Å²) in [6, 6.07) is 9.19. The largest absolute Gasteiger partial charge is 0.326 e. The fourth-order valence-corrected chi connectivity index (χ4v) is 2.72. The summed E-state index contributed by atoms with van der Waals surface area (Å²) >= 11 is 0. The lowest BCUT2D eigenvalue weighted by atomic mass is 10.1. The Labute approximate surface area is 115 Å². The minimum atomic E-state index is -0.0301. The van der Waals surface area contributed by atoms with Crippen LogP contribution in [0, 0.1) is 0 Å². The highest BCUT2D eigenvalue weighted by atomic mass is 16.1. The summed E-state index contributed by atoms with van der Waals surface area (Å²) in [4.78, 5) is 13.4. The molecule has 0 radical (unpaired) electrons. The van der Waals surface area contributed by atoms with E-state index in [1.165, 1.54) is 12.5 Å². The molecule has 1 aromatic rings. The number of benzene rings is 1. The van der Waals surface area contributed by atoms with Crippen LogP contribution in [-0.2, 0) is 11.3 Å². The molecule has 0 saturated carbocycles. The van der Waals surface area contributed by atoms with Gasteiger partial charge in [0.1, 0.15) is 0 Å². The highest BCUT2D eigenvalue weighted by molar-refractivity contribution is 5.88. The Morgan fingerprint density at radius 2 is 1.84 bits per heavy atom. The summed E-state index contributed by atoms with van der Waals surface area (Å²) in [6.45, 7) is 9.11. The number of carbonyl (C=O) groups excluding carboxylic acids is 1. The van der Waals surface area contributed by atoms with E-state index in [0.29, 0.717) is 12.1 Å². The summed E-state index contributed by atoms with van der Waals surface area (Å²) in [6.07, 6.45) is 0. The highest BCUT2D eigenvalue weighted by Crippen LogP contribution is 2.13. The predicted molar refractivity (Wildman–Crippen MR) is 78.1 cm³/mol. The van der Waals surface area contributed by atoms with E-state index < -0.39 is 0 Å². The van der Waals surface area contributed by atoms with Gasteiger partial charge < -0.3 is 10.6 Å². The van der Waals surface area contributed by atoms with Crippen molar-refractivity contribution < 1.29 is 4.79 Å². The van der Waals surface area contributed by atoms with Gasteiger partial charge in [0.15, 0.2) is 0 Å². The number of nitrogens with zero attached hydrogens (tertiary/aromatic N) is 1. The first-order valence-electron chi connectivity index (χ1n) is 6.88. The van der Waals surface area contributed by atoms with Gasteiger partial charge in [0.2, 0.25) is 5.91 Å². The van der Waals surface area contributed by atoms with Gasteiger partial charge in [-0.1, -0.05) is 12.1 Å². The molecular weight excluding hydrogens is 238 g/mol. The van der Waals surface area contributed by atoms with Crippen molar-refractivity contribution in [2.75, 3.05) is 18.4 Å². The Kier molecular flexibility index (Phi) is 4.56. The molecule has 4 nitrogen and oxygen atoms in total. The Morgan fingerprint density at radius 1 is 1.26 bits per heavy atom. The second kappa shape index (κ2) is 6.17. The third-order valence-corrected chi connectivity index (χ3v) is 3.31. The Balaban J connectivity index is 1.93. The summed E-state index contributed by atoms with van der Waals surface area (Å²) in [5.74, 6) is -0.0301. The first kappa shape index (κ1) is 14.0. The molecule has 1 aliphatic heterocycles. The molecule has 2 rings (SSSR count). The van der Waals surface area contributed by atoms with Gasteiger partial charge in [-0.25, -0.2) is 0 Å². The summed E-state index contributed by atoms with van der Waals surface area (Å²) in [5, 5.41) is 6.32. The fourth-order valence-electron chi connectivity index (χ4n) is 2.72. The summed E-state index contributed by atoms with van der Waals surface area (Å²) in [5.41, 5.74) is 2.15. The smallest absolute Gasteiger partial charge is 0.221 e. The lowest BCUT2D eigenvalue weighted by Gasteiger charge is -2.36. The first-order valence-corrected chi connectivity index (χ1v) is 6.88. The molecule has 2 atom stereocenters. The fraction of sp³-hybridized carbons (Fsp3) is 0.533. The molecule has 0 spiro atoms. The summed E-state index contributed by atoms with van der Waals surface area (Å²) in [7, 11) is 0. The van der Waals surface area contributed by atoms with Crippen LogP contribution in [0.25, 0.3) is 0 Å². The molecule has 1 aromatic carbocycles. The molecular formula is C15H23N3O. The molecule has 4 heteroatoms. The zero-order valence-electron chi connectivity index (χ0n) is 11.9. The number of amides is 1. The lowest BCUT2D eigenvalue weighted by molar-refractivity contribution is -0.114. The number of rotatable bonds is 3. The van der Waals surface area contributed by atoms with Crippen molar-refractivity contribution in [3.8, 4) is 0 Å². The van der Waals surface area contributed by atoms with Crippen molar-refractivity contribution in [3.63, 3.8) is 0 Å². The number of hydrogen-bond acceptors (Lipinski definition) is 3. The van der Waals surface area contributed by atoms with Crippen LogP contribution in [0.3, 0.4) is 0 Å². The van der Waals surface area contributed by atoms with Gasteiger partial charge in [-0.05, 0) is 31.5 Å². The van der Waals surface area contributed by atoms with Crippen LogP contribution in [0.4, 0.5) is 5.69 Å². The average molecular weight is 261 g/mol. The molecule has 0 aromatic heterocycles. The predicted octanol–water partition coefficient (Wildman–Crippen LogP) is 1.83. The van der Waals surface area contributed by atoms with Crippen molar-refractivity contribution in [1.82, 2.24) is 10.2 Å². The number of anilines is 1. The topological polar surface area (TPSA) is 44.4 Å². The maximum absolute atomic E-state index is 11.0. The van der Waals surface area contributed by atoms with Crippen LogP contribution in [0.2, 0.25) is 0 Å². The van der Waals surface area contributed by atoms with Crippen molar-refractivity contribution in [1.29, 1.82) is 0 Å². The molecule has 1 aliphatic rings. The Hall–Kier alpha value is -1.39. The van der Waals surface area contributed by atoms with Crippen LogP contribution < -0.4 is 10.6 Å². The van der Waals surface area contributed by atoms with Crippen molar-refractivity contribution in [2.24, 2.45) is 0 Å². The van der Waals surface area contributed by atoms with Crippen molar-refractivity contribution in [2.45, 2.75) is 39.4 Å². The minimum absolute atomic E-state index is 0.0301. The van der Waals surface area contributed by atoms with Crippen LogP contribution in [0.1, 0.15) is 26.3 Å². The maximum Gasteiger partial charge on any atom is 0.221 e. The van der Waals surface area contributed by atoms with Gasteiger partial charge in [0.25, 0.3) is 0 Å². The second-order valence-corrected chi connectivity index (χ2v) is 5.54. The average Bonchev–Trinajstić information content (AvgIpc) is 2.29. The molecule has 0 aliphatic carbocycles. The first-order chi connectivity index (χ1) is 9.02. The SMILES string of the molecule is CC(=O)Nc1ccc(CN2CC(C)NC(C)C2)cc1. The van der Waals surface area contributed by atoms with E-state index in [1.807, 2.05) is 12.1 Å². The number of nitrogens with one attached hydrogen (secondary N) is 2. The maximum atomic E-state index is 11.0. The van der Waals surface area contributed by atoms with Gasteiger partial charge in [0, 0.05) is 44.3 Å². The summed E-state index contributed by atoms with van der Waals surface area (Å²) < 4.78 is 0. The Morgan fingerprint density at radius 3 is 2.37 bits per heavy atom. The minimum Gasteiger partial charge on any atom is -0.326 e. The molecule has 1 fully saturated rings. The molecule has 19 heavy (non-hydrogen) atoms. The Bertz CT molecular complexity index is 420. The highest BCUT2D eigenvalue weighted by Gasteiger charge is 2.20. The van der Waals surface area contributed by atoms with Gasteiger partial charge in [-0.3, -0.25) is 9.69 Å². The quantitative estimate of drug-likeness (QED) is 0.872. The van der Waals surface area contributed by atoms with E-state index in [1.54, 1.807) is 0 Å². The van der Waals surface area contributed by atoms with E-state index in [-0.39, 0.29) is 5.91 Å². The zero-order chi connectivity index (χ0) is 13.8. The molecule has 2 unspecified atom stereocenters. The van der Waals surface area contributed by atoms with Crippen LogP contribution in [0.5, 0.6) is 0 Å². The van der Waals surface area contributed by atoms with E-state index in [2.05, 4.69) is 41.5 Å². The molecule has 0 bridgehead atoms. The van der Waals surface area contributed by atoms with E-state index >= 15 is 0 Å². The number of piperazine rings is 1. The lowest BCUT2D eigenvalue weighted by Crippen LogP contribution is -2.53. The van der Waals surface area contributed by atoms with Crippen molar-refractivity contribution in [3.05, 3.63) is 29.8 Å². The molecule has 1 amide bonds.